The molecule has 0 radical (unpaired) electrons. The molecule has 0 bridgehead atoms. The summed E-state index contributed by atoms with van der Waals surface area (Å²) >= 11 is 0. The highest BCUT2D eigenvalue weighted by molar-refractivity contribution is 5.20. The van der Waals surface area contributed by atoms with Crippen molar-refractivity contribution in [2.24, 2.45) is 0 Å². The number of unbranched alkanes of at least 4 members (excludes halogenated alkanes) is 2. The number of nitrogens with one attached hydrogen (secondary N) is 1. The third-order valence-corrected chi connectivity index (χ3v) is 2.66. The molecule has 90 valence electrons. The van der Waals surface area contributed by atoms with E-state index in [1.165, 1.54) is 6.07 Å². The second-order valence-corrected chi connectivity index (χ2v) is 3.98. The maximum Gasteiger partial charge on any atom is 0.127 e. The van der Waals surface area contributed by atoms with Gasteiger partial charge in [-0.05, 0) is 38.8 Å². The van der Waals surface area contributed by atoms with Crippen molar-refractivity contribution in [2.45, 2.75) is 32.2 Å². The molecule has 1 aromatic carbocycles. The van der Waals surface area contributed by atoms with Crippen LogP contribution in [0.2, 0.25) is 0 Å². The van der Waals surface area contributed by atoms with E-state index in [1.54, 1.807) is 12.1 Å². The predicted octanol–water partition coefficient (Wildman–Crippen LogP) is 2.64. The van der Waals surface area contributed by atoms with E-state index in [-0.39, 0.29) is 18.5 Å². The van der Waals surface area contributed by atoms with Gasteiger partial charge in [-0.1, -0.05) is 18.2 Å². The predicted molar refractivity (Wildman–Crippen MR) is 63.8 cm³/mol. The molecule has 1 rings (SSSR count). The lowest BCUT2D eigenvalue weighted by Crippen LogP contribution is -2.20. The average Bonchev–Trinajstić information content (AvgIpc) is 2.29. The molecule has 16 heavy (non-hydrogen) atoms. The van der Waals surface area contributed by atoms with Gasteiger partial charge in [0.2, 0.25) is 0 Å². The van der Waals surface area contributed by atoms with E-state index in [2.05, 4.69) is 5.32 Å². The highest BCUT2D eigenvalue weighted by Gasteiger charge is 2.08. The van der Waals surface area contributed by atoms with E-state index in [4.69, 9.17) is 5.11 Å². The maximum atomic E-state index is 13.4. The van der Waals surface area contributed by atoms with Crippen LogP contribution in [0.1, 0.15) is 37.8 Å². The fourth-order valence-corrected chi connectivity index (χ4v) is 1.67. The van der Waals surface area contributed by atoms with Crippen LogP contribution in [0.3, 0.4) is 0 Å². The van der Waals surface area contributed by atoms with Crippen LogP contribution in [0, 0.1) is 5.82 Å². The van der Waals surface area contributed by atoms with Crippen molar-refractivity contribution in [3.05, 3.63) is 35.6 Å². The van der Waals surface area contributed by atoms with E-state index in [1.807, 2.05) is 13.0 Å². The zero-order valence-corrected chi connectivity index (χ0v) is 9.75. The van der Waals surface area contributed by atoms with Crippen LogP contribution in [0.15, 0.2) is 24.3 Å². The van der Waals surface area contributed by atoms with Crippen LogP contribution < -0.4 is 5.32 Å². The average molecular weight is 225 g/mol. The van der Waals surface area contributed by atoms with Gasteiger partial charge in [-0.15, -0.1) is 0 Å². The maximum absolute atomic E-state index is 13.4. The first-order chi connectivity index (χ1) is 7.75. The van der Waals surface area contributed by atoms with Gasteiger partial charge in [-0.2, -0.15) is 0 Å². The molecule has 0 spiro atoms. The normalized spacial score (nSPS) is 12.7. The Hall–Kier alpha value is -0.930. The summed E-state index contributed by atoms with van der Waals surface area (Å²) in [4.78, 5) is 0. The fourth-order valence-electron chi connectivity index (χ4n) is 1.67. The minimum absolute atomic E-state index is 0.0373. The highest BCUT2D eigenvalue weighted by atomic mass is 19.1. The van der Waals surface area contributed by atoms with Crippen molar-refractivity contribution in [3.8, 4) is 0 Å². The molecule has 0 amide bonds. The third kappa shape index (κ3) is 4.29. The standard InChI is InChI=1S/C13H20FNO/c1-11(15-9-5-2-6-10-16)12-7-3-4-8-13(12)14/h3-4,7-8,11,15-16H,2,5-6,9-10H2,1H3. The Labute approximate surface area is 96.5 Å². The molecule has 0 aliphatic heterocycles. The lowest BCUT2D eigenvalue weighted by molar-refractivity contribution is 0.282. The zero-order chi connectivity index (χ0) is 11.8. The summed E-state index contributed by atoms with van der Waals surface area (Å²) in [6.45, 7) is 3.07. The molecule has 0 aliphatic carbocycles. The van der Waals surface area contributed by atoms with Gasteiger partial charge < -0.3 is 10.4 Å². The Bertz CT molecular complexity index is 304. The monoisotopic (exact) mass is 225 g/mol. The Balaban J connectivity index is 2.30. The Morgan fingerprint density at radius 2 is 2.00 bits per heavy atom. The highest BCUT2D eigenvalue weighted by Crippen LogP contribution is 2.15. The molecule has 1 unspecified atom stereocenters. The van der Waals surface area contributed by atoms with E-state index in [0.29, 0.717) is 5.56 Å². The molecule has 0 fully saturated rings. The molecule has 0 saturated heterocycles. The van der Waals surface area contributed by atoms with Crippen molar-refractivity contribution >= 4 is 0 Å². The van der Waals surface area contributed by atoms with Crippen molar-refractivity contribution in [2.75, 3.05) is 13.2 Å². The van der Waals surface area contributed by atoms with Crippen LogP contribution in [0.5, 0.6) is 0 Å². The SMILES string of the molecule is CC(NCCCCCO)c1ccccc1F. The third-order valence-electron chi connectivity index (χ3n) is 2.66. The van der Waals surface area contributed by atoms with E-state index < -0.39 is 0 Å². The number of aliphatic hydroxyl groups is 1. The molecule has 3 heteroatoms. The van der Waals surface area contributed by atoms with E-state index >= 15 is 0 Å². The van der Waals surface area contributed by atoms with Crippen molar-refractivity contribution < 1.29 is 9.50 Å². The number of halogens is 1. The summed E-state index contributed by atoms with van der Waals surface area (Å²) in [6, 6.07) is 6.88. The fraction of sp³-hybridized carbons (Fsp3) is 0.538. The van der Waals surface area contributed by atoms with Gasteiger partial charge in [0.05, 0.1) is 0 Å². The van der Waals surface area contributed by atoms with E-state index in [9.17, 15) is 4.39 Å². The first kappa shape index (κ1) is 13.1. The summed E-state index contributed by atoms with van der Waals surface area (Å²) in [5.74, 6) is -0.155. The molecule has 0 aliphatic rings. The molecule has 0 aromatic heterocycles. The van der Waals surface area contributed by atoms with Crippen molar-refractivity contribution in [1.29, 1.82) is 0 Å². The molecular formula is C13H20FNO. The van der Waals surface area contributed by atoms with Crippen molar-refractivity contribution in [1.82, 2.24) is 5.32 Å². The first-order valence-corrected chi connectivity index (χ1v) is 5.84. The molecule has 2 N–H and O–H groups in total. The summed E-state index contributed by atoms with van der Waals surface area (Å²) in [5, 5.41) is 11.9. The van der Waals surface area contributed by atoms with Crippen molar-refractivity contribution in [3.63, 3.8) is 0 Å². The van der Waals surface area contributed by atoms with Gasteiger partial charge in [0.1, 0.15) is 5.82 Å². The molecule has 2 nitrogen and oxygen atoms in total. The van der Waals surface area contributed by atoms with Gasteiger partial charge in [0.25, 0.3) is 0 Å². The number of hydrogen-bond donors (Lipinski definition) is 2. The lowest BCUT2D eigenvalue weighted by atomic mass is 10.1. The second kappa shape index (κ2) is 7.36. The first-order valence-electron chi connectivity index (χ1n) is 5.84. The van der Waals surface area contributed by atoms with Gasteiger partial charge in [0.15, 0.2) is 0 Å². The van der Waals surface area contributed by atoms with Gasteiger partial charge >= 0.3 is 0 Å². The summed E-state index contributed by atoms with van der Waals surface area (Å²) in [6.07, 6.45) is 2.86. The second-order valence-electron chi connectivity index (χ2n) is 3.98. The van der Waals surface area contributed by atoms with Crippen LogP contribution in [-0.4, -0.2) is 18.3 Å². The quantitative estimate of drug-likeness (QED) is 0.699. The lowest BCUT2D eigenvalue weighted by Gasteiger charge is -2.14. The molecular weight excluding hydrogens is 205 g/mol. The molecule has 1 aromatic rings. The summed E-state index contributed by atoms with van der Waals surface area (Å²) in [5.41, 5.74) is 0.713. The molecule has 0 heterocycles. The van der Waals surface area contributed by atoms with E-state index in [0.717, 1.165) is 25.8 Å². The minimum Gasteiger partial charge on any atom is -0.396 e. The number of rotatable bonds is 7. The largest absolute Gasteiger partial charge is 0.396 e. The molecule has 0 saturated carbocycles. The number of aliphatic hydroxyl groups excluding tert-OH is 1. The van der Waals surface area contributed by atoms with Gasteiger partial charge in [0, 0.05) is 18.2 Å². The van der Waals surface area contributed by atoms with Crippen LogP contribution in [-0.2, 0) is 0 Å². The van der Waals surface area contributed by atoms with Gasteiger partial charge in [-0.25, -0.2) is 4.39 Å². The van der Waals surface area contributed by atoms with Crippen LogP contribution in [0.4, 0.5) is 4.39 Å². The smallest absolute Gasteiger partial charge is 0.127 e. The summed E-state index contributed by atoms with van der Waals surface area (Å²) < 4.78 is 13.4. The number of hydrogen-bond acceptors (Lipinski definition) is 2. The molecule has 1 atom stereocenters. The summed E-state index contributed by atoms with van der Waals surface area (Å²) in [7, 11) is 0. The Morgan fingerprint density at radius 1 is 1.25 bits per heavy atom. The Kier molecular flexibility index (Phi) is 6.04. The van der Waals surface area contributed by atoms with Crippen LogP contribution >= 0.6 is 0 Å². The topological polar surface area (TPSA) is 32.3 Å². The number of benzene rings is 1. The minimum atomic E-state index is -0.155. The van der Waals surface area contributed by atoms with Gasteiger partial charge in [-0.3, -0.25) is 0 Å². The van der Waals surface area contributed by atoms with Crippen LogP contribution in [0.25, 0.3) is 0 Å². The zero-order valence-electron chi connectivity index (χ0n) is 9.75. The Morgan fingerprint density at radius 3 is 2.69 bits per heavy atom.